The van der Waals surface area contributed by atoms with Crippen LogP contribution in [0.2, 0.25) is 0 Å². The highest BCUT2D eigenvalue weighted by Crippen LogP contribution is 2.29. The van der Waals surface area contributed by atoms with Gasteiger partial charge in [0.25, 0.3) is 0 Å². The summed E-state index contributed by atoms with van der Waals surface area (Å²) in [5.41, 5.74) is 0.362. The molecule has 0 radical (unpaired) electrons. The van der Waals surface area contributed by atoms with Crippen LogP contribution in [0.4, 0.5) is 18.0 Å². The summed E-state index contributed by atoms with van der Waals surface area (Å²) in [6.45, 7) is 1.62. The lowest BCUT2D eigenvalue weighted by Crippen LogP contribution is -2.46. The summed E-state index contributed by atoms with van der Waals surface area (Å²) in [7, 11) is 0. The second-order valence-electron chi connectivity index (χ2n) is 6.65. The van der Waals surface area contributed by atoms with Crippen LogP contribution in [0.3, 0.4) is 0 Å². The molecule has 150 valence electrons. The van der Waals surface area contributed by atoms with E-state index >= 15 is 0 Å². The predicted molar refractivity (Wildman–Crippen MR) is 98.0 cm³/mol. The Balaban J connectivity index is 1.39. The maximum absolute atomic E-state index is 12.6. The number of rotatable bonds is 5. The largest absolute Gasteiger partial charge is 0.474 e. The highest BCUT2D eigenvalue weighted by Gasteiger charge is 2.31. The van der Waals surface area contributed by atoms with Crippen molar-refractivity contribution in [3.8, 4) is 5.88 Å². The average molecular weight is 393 g/mol. The number of aromatic nitrogens is 1. The molecule has 2 heterocycles. The van der Waals surface area contributed by atoms with Crippen molar-refractivity contribution in [1.82, 2.24) is 15.2 Å². The number of benzene rings is 1. The smallest absolute Gasteiger partial charge is 0.417 e. The zero-order chi connectivity index (χ0) is 20.0. The minimum atomic E-state index is -4.41. The Hall–Kier alpha value is -2.77. The number of amides is 2. The average Bonchev–Trinajstić information content (AvgIpc) is 2.69. The summed E-state index contributed by atoms with van der Waals surface area (Å²) in [4.78, 5) is 17.7. The van der Waals surface area contributed by atoms with Crippen LogP contribution in [0.1, 0.15) is 24.0 Å². The molecule has 2 amide bonds. The fourth-order valence-electron chi connectivity index (χ4n) is 3.04. The number of hydrogen-bond donors (Lipinski definition) is 1. The molecule has 1 aliphatic heterocycles. The minimum absolute atomic E-state index is 0.109. The number of hydrogen-bond acceptors (Lipinski definition) is 3. The van der Waals surface area contributed by atoms with Gasteiger partial charge >= 0.3 is 12.2 Å². The summed E-state index contributed by atoms with van der Waals surface area (Å²) < 4.78 is 43.3. The van der Waals surface area contributed by atoms with Crippen LogP contribution in [-0.2, 0) is 12.6 Å². The standard InChI is InChI=1S/C20H22F3N3O2/c21-20(22,23)16-6-7-18(25-14-16)28-17-9-12-26(13-10-17)19(27)24-11-8-15-4-2-1-3-5-15/h1-7,14,17H,8-13H2,(H,24,27). The first-order chi connectivity index (χ1) is 13.4. The molecule has 2 aromatic rings. The number of halogens is 3. The third-order valence-corrected chi connectivity index (χ3v) is 4.61. The Bertz CT molecular complexity index is 759. The van der Waals surface area contributed by atoms with Crippen LogP contribution in [0.25, 0.3) is 0 Å². The van der Waals surface area contributed by atoms with Gasteiger partial charge in [-0.1, -0.05) is 30.3 Å². The van der Waals surface area contributed by atoms with Gasteiger partial charge in [-0.15, -0.1) is 0 Å². The lowest BCUT2D eigenvalue weighted by atomic mass is 10.1. The first kappa shape index (κ1) is 20.0. The predicted octanol–water partition coefficient (Wildman–Crippen LogP) is 3.90. The van der Waals surface area contributed by atoms with Crippen molar-refractivity contribution in [3.05, 3.63) is 59.8 Å². The maximum Gasteiger partial charge on any atom is 0.417 e. The number of alkyl halides is 3. The number of urea groups is 1. The second kappa shape index (κ2) is 8.95. The molecule has 8 heteroatoms. The molecule has 28 heavy (non-hydrogen) atoms. The molecule has 0 unspecified atom stereocenters. The molecule has 0 saturated carbocycles. The summed E-state index contributed by atoms with van der Waals surface area (Å²) >= 11 is 0. The third-order valence-electron chi connectivity index (χ3n) is 4.61. The Morgan fingerprint density at radius 2 is 1.86 bits per heavy atom. The first-order valence-electron chi connectivity index (χ1n) is 9.18. The van der Waals surface area contributed by atoms with Crippen molar-refractivity contribution in [3.63, 3.8) is 0 Å². The molecule has 1 N–H and O–H groups in total. The summed E-state index contributed by atoms with van der Waals surface area (Å²) in [5, 5.41) is 2.91. The van der Waals surface area contributed by atoms with E-state index in [0.29, 0.717) is 32.5 Å². The zero-order valence-corrected chi connectivity index (χ0v) is 15.3. The van der Waals surface area contributed by atoms with E-state index in [1.54, 1.807) is 4.90 Å². The molecular formula is C20H22F3N3O2. The molecule has 0 aliphatic carbocycles. The van der Waals surface area contributed by atoms with Crippen LogP contribution in [-0.4, -0.2) is 41.7 Å². The number of nitrogens with one attached hydrogen (secondary N) is 1. The third kappa shape index (κ3) is 5.61. The fourth-order valence-corrected chi connectivity index (χ4v) is 3.04. The lowest BCUT2D eigenvalue weighted by Gasteiger charge is -2.32. The van der Waals surface area contributed by atoms with Crippen molar-refractivity contribution in [2.45, 2.75) is 31.5 Å². The number of ether oxygens (including phenoxy) is 1. The Kier molecular flexibility index (Phi) is 6.38. The van der Waals surface area contributed by atoms with E-state index < -0.39 is 11.7 Å². The summed E-state index contributed by atoms with van der Waals surface area (Å²) in [6.07, 6.45) is -1.83. The van der Waals surface area contributed by atoms with Gasteiger partial charge in [0.1, 0.15) is 6.10 Å². The van der Waals surface area contributed by atoms with E-state index in [0.717, 1.165) is 18.7 Å². The molecule has 0 spiro atoms. The molecule has 3 rings (SSSR count). The molecule has 1 aromatic carbocycles. The van der Waals surface area contributed by atoms with E-state index in [9.17, 15) is 18.0 Å². The SMILES string of the molecule is O=C(NCCc1ccccc1)N1CCC(Oc2ccc(C(F)(F)F)cn2)CC1. The van der Waals surface area contributed by atoms with Gasteiger partial charge in [-0.3, -0.25) is 0 Å². The van der Waals surface area contributed by atoms with Crippen molar-refractivity contribution < 1.29 is 22.7 Å². The van der Waals surface area contributed by atoms with Gasteiger partial charge in [0.05, 0.1) is 5.56 Å². The second-order valence-corrected chi connectivity index (χ2v) is 6.65. The van der Waals surface area contributed by atoms with E-state index in [-0.39, 0.29) is 18.0 Å². The van der Waals surface area contributed by atoms with Gasteiger partial charge in [0, 0.05) is 44.7 Å². The normalized spacial score (nSPS) is 15.3. The van der Waals surface area contributed by atoms with E-state index in [4.69, 9.17) is 4.74 Å². The molecule has 0 atom stereocenters. The quantitative estimate of drug-likeness (QED) is 0.838. The van der Waals surface area contributed by atoms with Gasteiger partial charge in [-0.25, -0.2) is 9.78 Å². The Morgan fingerprint density at radius 3 is 2.46 bits per heavy atom. The summed E-state index contributed by atoms with van der Waals surface area (Å²) in [6, 6.07) is 12.0. The minimum Gasteiger partial charge on any atom is -0.474 e. The molecule has 0 bridgehead atoms. The van der Waals surface area contributed by atoms with Crippen LogP contribution in [0.5, 0.6) is 5.88 Å². The van der Waals surface area contributed by atoms with Gasteiger partial charge in [0.2, 0.25) is 5.88 Å². The van der Waals surface area contributed by atoms with Gasteiger partial charge in [0.15, 0.2) is 0 Å². The zero-order valence-electron chi connectivity index (χ0n) is 15.3. The molecule has 1 saturated heterocycles. The van der Waals surface area contributed by atoms with Gasteiger partial charge in [-0.05, 0) is 18.1 Å². The number of carbonyl (C=O) groups is 1. The van der Waals surface area contributed by atoms with Crippen LogP contribution >= 0.6 is 0 Å². The highest BCUT2D eigenvalue weighted by molar-refractivity contribution is 5.74. The van der Waals surface area contributed by atoms with E-state index in [1.807, 2.05) is 30.3 Å². The summed E-state index contributed by atoms with van der Waals surface area (Å²) in [5.74, 6) is 0.166. The number of piperidine rings is 1. The Morgan fingerprint density at radius 1 is 1.14 bits per heavy atom. The topological polar surface area (TPSA) is 54.5 Å². The number of pyridine rings is 1. The van der Waals surface area contributed by atoms with Crippen LogP contribution in [0.15, 0.2) is 48.7 Å². The van der Waals surface area contributed by atoms with E-state index in [2.05, 4.69) is 10.3 Å². The fraction of sp³-hybridized carbons (Fsp3) is 0.400. The molecule has 1 fully saturated rings. The monoisotopic (exact) mass is 393 g/mol. The van der Waals surface area contributed by atoms with Crippen LogP contribution in [0, 0.1) is 0 Å². The first-order valence-corrected chi connectivity index (χ1v) is 9.18. The lowest BCUT2D eigenvalue weighted by molar-refractivity contribution is -0.137. The number of carbonyl (C=O) groups excluding carboxylic acids is 1. The molecule has 1 aliphatic rings. The molecule has 5 nitrogen and oxygen atoms in total. The number of nitrogens with zero attached hydrogens (tertiary/aromatic N) is 2. The van der Waals surface area contributed by atoms with Gasteiger partial charge in [-0.2, -0.15) is 13.2 Å². The van der Waals surface area contributed by atoms with Crippen molar-refractivity contribution in [2.75, 3.05) is 19.6 Å². The van der Waals surface area contributed by atoms with Gasteiger partial charge < -0.3 is 15.0 Å². The number of likely N-dealkylation sites (tertiary alicyclic amines) is 1. The van der Waals surface area contributed by atoms with Crippen molar-refractivity contribution in [2.24, 2.45) is 0 Å². The molecular weight excluding hydrogens is 371 g/mol. The van der Waals surface area contributed by atoms with E-state index in [1.165, 1.54) is 11.6 Å². The van der Waals surface area contributed by atoms with Crippen LogP contribution < -0.4 is 10.1 Å². The highest BCUT2D eigenvalue weighted by atomic mass is 19.4. The van der Waals surface area contributed by atoms with Crippen molar-refractivity contribution >= 4 is 6.03 Å². The molecule has 1 aromatic heterocycles. The van der Waals surface area contributed by atoms with Crippen molar-refractivity contribution in [1.29, 1.82) is 0 Å². The maximum atomic E-state index is 12.6. The Labute approximate surface area is 161 Å².